The second kappa shape index (κ2) is 10.0. The van der Waals surface area contributed by atoms with Crippen molar-refractivity contribution in [1.82, 2.24) is 9.55 Å². The largest absolute Gasteiger partial charge is 0.496 e. The molecule has 38 heavy (non-hydrogen) atoms. The third-order valence-corrected chi connectivity index (χ3v) is 6.72. The van der Waals surface area contributed by atoms with E-state index in [-0.39, 0.29) is 18.9 Å². The maximum absolute atomic E-state index is 13.3. The highest BCUT2D eigenvalue weighted by atomic mass is 16.5. The number of hydrogen-bond acceptors (Lipinski definition) is 6. The number of fused-ring (bicyclic) bond motifs is 2. The topological polar surface area (TPSA) is 104 Å². The van der Waals surface area contributed by atoms with Gasteiger partial charge in [0.15, 0.2) is 0 Å². The third kappa shape index (κ3) is 4.61. The van der Waals surface area contributed by atoms with E-state index in [0.29, 0.717) is 17.1 Å². The first-order valence-electron chi connectivity index (χ1n) is 12.4. The van der Waals surface area contributed by atoms with Crippen LogP contribution in [0.1, 0.15) is 68.1 Å². The molecule has 5 rings (SSSR count). The highest BCUT2D eigenvalue weighted by molar-refractivity contribution is 5.86. The Morgan fingerprint density at radius 1 is 1.00 bits per heavy atom. The fraction of sp³-hybridized carbons (Fsp3) is 0.233. The number of ether oxygens (including phenoxy) is 2. The summed E-state index contributed by atoms with van der Waals surface area (Å²) in [6.07, 6.45) is 5.67. The molecule has 0 radical (unpaired) electrons. The van der Waals surface area contributed by atoms with Crippen LogP contribution in [-0.4, -0.2) is 29.2 Å². The normalized spacial score (nSPS) is 13.9. The Kier molecular flexibility index (Phi) is 6.63. The van der Waals surface area contributed by atoms with Crippen molar-refractivity contribution < 1.29 is 18.7 Å². The number of esters is 1. The van der Waals surface area contributed by atoms with Gasteiger partial charge in [0.1, 0.15) is 11.5 Å². The van der Waals surface area contributed by atoms with Crippen LogP contribution in [0.15, 0.2) is 62.7 Å². The lowest BCUT2D eigenvalue weighted by atomic mass is 9.82. The Balaban J connectivity index is 1.66. The summed E-state index contributed by atoms with van der Waals surface area (Å²) in [6, 6.07) is 13.2. The molecule has 1 unspecified atom stereocenters. The van der Waals surface area contributed by atoms with Gasteiger partial charge in [-0.1, -0.05) is 35.9 Å². The lowest BCUT2D eigenvalue weighted by Crippen LogP contribution is -2.33. The van der Waals surface area contributed by atoms with Crippen LogP contribution in [0.3, 0.4) is 0 Å². The van der Waals surface area contributed by atoms with Crippen molar-refractivity contribution in [2.45, 2.75) is 33.2 Å². The van der Waals surface area contributed by atoms with Crippen molar-refractivity contribution in [3.8, 4) is 5.75 Å². The van der Waals surface area contributed by atoms with Gasteiger partial charge in [-0.2, -0.15) is 0 Å². The highest BCUT2D eigenvalue weighted by Gasteiger charge is 2.28. The standard InChI is InChI=1S/C30H28N2O6/c1-5-37-29(34)25-11-9-21(38-25)15-32-16-24(28(33)31-30(32)35)27-22-10-6-17(2)12-19(22)7-8-20-13-18(3)26(36-4)14-23(20)27/h6-14,16,27H,5,15H2,1-4H3,(H,31,33,35). The van der Waals surface area contributed by atoms with Crippen molar-refractivity contribution in [3.05, 3.63) is 120 Å². The molecule has 0 fully saturated rings. The number of carbonyl (C=O) groups excluding carboxylic acids is 1. The number of methoxy groups -OCH3 is 1. The molecule has 0 amide bonds. The van der Waals surface area contributed by atoms with Crippen molar-refractivity contribution in [2.24, 2.45) is 0 Å². The number of carbonyl (C=O) groups is 1. The zero-order chi connectivity index (χ0) is 27.0. The van der Waals surface area contributed by atoms with E-state index in [0.717, 1.165) is 33.4 Å². The van der Waals surface area contributed by atoms with Gasteiger partial charge in [0.2, 0.25) is 5.76 Å². The predicted octanol–water partition coefficient (Wildman–Crippen LogP) is 4.64. The summed E-state index contributed by atoms with van der Waals surface area (Å²) in [5.41, 5.74) is 5.22. The quantitative estimate of drug-likeness (QED) is 0.333. The Morgan fingerprint density at radius 3 is 2.50 bits per heavy atom. The van der Waals surface area contributed by atoms with Gasteiger partial charge in [0.05, 0.1) is 20.3 Å². The second-order valence-electron chi connectivity index (χ2n) is 9.31. The van der Waals surface area contributed by atoms with Crippen LogP contribution in [0, 0.1) is 13.8 Å². The van der Waals surface area contributed by atoms with Crippen LogP contribution < -0.4 is 16.0 Å². The molecule has 194 valence electrons. The van der Waals surface area contributed by atoms with Crippen molar-refractivity contribution in [3.63, 3.8) is 0 Å². The molecule has 0 spiro atoms. The number of hydrogen-bond donors (Lipinski definition) is 1. The van der Waals surface area contributed by atoms with Gasteiger partial charge in [-0.15, -0.1) is 0 Å². The molecule has 1 aliphatic carbocycles. The van der Waals surface area contributed by atoms with Crippen LogP contribution in [0.5, 0.6) is 5.75 Å². The molecule has 8 nitrogen and oxygen atoms in total. The minimum atomic E-state index is -0.578. The summed E-state index contributed by atoms with van der Waals surface area (Å²) in [7, 11) is 1.62. The summed E-state index contributed by atoms with van der Waals surface area (Å²) in [4.78, 5) is 40.6. The first kappa shape index (κ1) is 25.1. The first-order chi connectivity index (χ1) is 18.3. The summed E-state index contributed by atoms with van der Waals surface area (Å²) >= 11 is 0. The van der Waals surface area contributed by atoms with E-state index in [1.807, 2.05) is 44.2 Å². The van der Waals surface area contributed by atoms with Crippen molar-refractivity contribution in [1.29, 1.82) is 0 Å². The molecule has 0 saturated heterocycles. The van der Waals surface area contributed by atoms with Gasteiger partial charge >= 0.3 is 11.7 Å². The SMILES string of the molecule is CCOC(=O)c1ccc(Cn2cc(C3c4ccc(C)cc4C=Cc4cc(C)c(OC)cc43)c(=O)[nH]c2=O)o1. The number of nitrogens with one attached hydrogen (secondary N) is 1. The summed E-state index contributed by atoms with van der Waals surface area (Å²) in [5.74, 6) is 0.100. The van der Waals surface area contributed by atoms with Gasteiger partial charge < -0.3 is 13.9 Å². The van der Waals surface area contributed by atoms with Crippen LogP contribution in [-0.2, 0) is 11.3 Å². The Labute approximate surface area is 219 Å². The van der Waals surface area contributed by atoms with E-state index in [2.05, 4.69) is 17.1 Å². The number of benzene rings is 2. The van der Waals surface area contributed by atoms with Gasteiger partial charge in [0.25, 0.3) is 5.56 Å². The highest BCUT2D eigenvalue weighted by Crippen LogP contribution is 2.40. The number of rotatable bonds is 6. The van der Waals surface area contributed by atoms with E-state index in [1.54, 1.807) is 26.3 Å². The summed E-state index contributed by atoms with van der Waals surface area (Å²) in [6.45, 7) is 5.96. The second-order valence-corrected chi connectivity index (χ2v) is 9.31. The van der Waals surface area contributed by atoms with Gasteiger partial charge in [0, 0.05) is 17.7 Å². The molecule has 0 bridgehead atoms. The Morgan fingerprint density at radius 2 is 1.76 bits per heavy atom. The molecule has 0 aliphatic heterocycles. The smallest absolute Gasteiger partial charge is 0.374 e. The van der Waals surface area contributed by atoms with Crippen LogP contribution in [0.2, 0.25) is 0 Å². The molecule has 8 heteroatoms. The van der Waals surface area contributed by atoms with Crippen molar-refractivity contribution >= 4 is 18.1 Å². The van der Waals surface area contributed by atoms with Crippen molar-refractivity contribution in [2.75, 3.05) is 13.7 Å². The van der Waals surface area contributed by atoms with E-state index in [1.165, 1.54) is 10.6 Å². The third-order valence-electron chi connectivity index (χ3n) is 6.72. The first-order valence-corrected chi connectivity index (χ1v) is 12.4. The molecular weight excluding hydrogens is 484 g/mol. The molecule has 1 aliphatic rings. The summed E-state index contributed by atoms with van der Waals surface area (Å²) < 4.78 is 17.6. The minimum Gasteiger partial charge on any atom is -0.496 e. The van der Waals surface area contributed by atoms with Gasteiger partial charge in [-0.3, -0.25) is 14.3 Å². The number of aromatic amines is 1. The van der Waals surface area contributed by atoms with E-state index >= 15 is 0 Å². The van der Waals surface area contributed by atoms with Crippen LogP contribution in [0.25, 0.3) is 12.2 Å². The Hall–Kier alpha value is -4.59. The maximum atomic E-state index is 13.3. The van der Waals surface area contributed by atoms with Crippen LogP contribution in [0.4, 0.5) is 0 Å². The average Bonchev–Trinajstić information content (AvgIpc) is 3.30. The summed E-state index contributed by atoms with van der Waals surface area (Å²) in [5, 5.41) is 0. The van der Waals surface area contributed by atoms with Gasteiger partial charge in [-0.25, -0.2) is 9.59 Å². The fourth-order valence-electron chi connectivity index (χ4n) is 4.92. The lowest BCUT2D eigenvalue weighted by molar-refractivity contribution is 0.0488. The van der Waals surface area contributed by atoms with E-state index in [9.17, 15) is 14.4 Å². The predicted molar refractivity (Wildman–Crippen MR) is 144 cm³/mol. The Bertz CT molecular complexity index is 1690. The van der Waals surface area contributed by atoms with Gasteiger partial charge in [-0.05, 0) is 72.9 Å². The van der Waals surface area contributed by atoms with E-state index in [4.69, 9.17) is 13.9 Å². The minimum absolute atomic E-state index is 0.0256. The zero-order valence-corrected chi connectivity index (χ0v) is 21.7. The number of aromatic nitrogens is 2. The number of furan rings is 1. The molecule has 1 atom stereocenters. The average molecular weight is 513 g/mol. The number of aryl methyl sites for hydroxylation is 2. The zero-order valence-electron chi connectivity index (χ0n) is 21.7. The molecule has 4 aromatic rings. The fourth-order valence-corrected chi connectivity index (χ4v) is 4.92. The number of H-pyrrole nitrogens is 1. The molecule has 0 saturated carbocycles. The molecular formula is C30H28N2O6. The monoisotopic (exact) mass is 512 g/mol. The molecule has 2 aromatic carbocycles. The van der Waals surface area contributed by atoms with E-state index < -0.39 is 23.1 Å². The molecule has 1 N–H and O–H groups in total. The number of nitrogens with zero attached hydrogens (tertiary/aromatic N) is 1. The molecule has 2 heterocycles. The maximum Gasteiger partial charge on any atom is 0.374 e. The van der Waals surface area contributed by atoms with Crippen LogP contribution >= 0.6 is 0 Å². The molecule has 2 aromatic heterocycles. The lowest BCUT2D eigenvalue weighted by Gasteiger charge is -2.22.